The number of aryl methyl sites for hydroxylation is 1. The number of nitrogens with two attached hydrogens (primary N) is 1. The van der Waals surface area contributed by atoms with E-state index in [-0.39, 0.29) is 29.7 Å². The van der Waals surface area contributed by atoms with Crippen molar-refractivity contribution in [3.05, 3.63) is 29.2 Å². The summed E-state index contributed by atoms with van der Waals surface area (Å²) in [6, 6.07) is 3.94. The van der Waals surface area contributed by atoms with Gasteiger partial charge in [-0.25, -0.2) is 4.98 Å². The Kier molecular flexibility index (Phi) is 4.89. The third-order valence-corrected chi connectivity index (χ3v) is 6.33. The second-order valence-corrected chi connectivity index (χ2v) is 8.03. The molecule has 0 saturated heterocycles. The van der Waals surface area contributed by atoms with Gasteiger partial charge in [0.15, 0.2) is 5.58 Å². The largest absolute Gasteiger partial charge is 0.454 e. The summed E-state index contributed by atoms with van der Waals surface area (Å²) < 4.78 is 6.05. The second-order valence-electron chi connectivity index (χ2n) is 7.67. The Morgan fingerprint density at radius 3 is 2.79 bits per heavy atom. The van der Waals surface area contributed by atoms with Crippen LogP contribution in [0.5, 0.6) is 0 Å². The average Bonchev–Trinajstić information content (AvgIpc) is 3.18. The van der Waals surface area contributed by atoms with E-state index in [1.165, 1.54) is 0 Å². The van der Waals surface area contributed by atoms with Crippen molar-refractivity contribution in [1.29, 1.82) is 0 Å². The molecule has 1 aliphatic carbocycles. The topological polar surface area (TPSA) is 110 Å². The predicted molar refractivity (Wildman–Crippen MR) is 110 cm³/mol. The molecule has 1 aliphatic rings. The van der Waals surface area contributed by atoms with Crippen LogP contribution in [0, 0.1) is 24.7 Å². The molecule has 1 fully saturated rings. The Balaban J connectivity index is 1.77. The maximum Gasteiger partial charge on any atom is 0.223 e. The number of halogens is 1. The highest BCUT2D eigenvalue weighted by molar-refractivity contribution is 6.32. The minimum Gasteiger partial charge on any atom is -0.454 e. The molecule has 0 amide bonds. The molecule has 0 spiro atoms. The lowest BCUT2D eigenvalue weighted by molar-refractivity contribution is 0.191. The summed E-state index contributed by atoms with van der Waals surface area (Å²) in [5, 5.41) is 14.3. The maximum atomic E-state index is 9.65. The first kappa shape index (κ1) is 19.0. The molecule has 4 atom stereocenters. The van der Waals surface area contributed by atoms with Crippen LogP contribution in [-0.2, 0) is 0 Å². The standard InChI is InChI=1S/C20H24ClN5O2/c1-9-10(2)14(6-13(9)8-27)24-19-16(18(21)25-20(22)26-19)15-7-12-4-5-23-11(3)17(12)28-15/h4-5,7,9-10,13-14,27H,6,8H2,1-3H3,(H3,22,24,25,26). The molecular weight excluding hydrogens is 378 g/mol. The average molecular weight is 402 g/mol. The molecule has 4 rings (SSSR count). The highest BCUT2D eigenvalue weighted by Gasteiger charge is 2.38. The smallest absolute Gasteiger partial charge is 0.223 e. The lowest BCUT2D eigenvalue weighted by Gasteiger charge is -2.21. The molecule has 4 N–H and O–H groups in total. The Morgan fingerprint density at radius 2 is 2.11 bits per heavy atom. The van der Waals surface area contributed by atoms with Crippen LogP contribution in [-0.4, -0.2) is 32.7 Å². The number of nitrogen functional groups attached to an aromatic ring is 1. The molecule has 8 heteroatoms. The van der Waals surface area contributed by atoms with Gasteiger partial charge < -0.3 is 20.6 Å². The van der Waals surface area contributed by atoms with Gasteiger partial charge in [0.05, 0.1) is 11.3 Å². The van der Waals surface area contributed by atoms with Gasteiger partial charge in [0, 0.05) is 24.2 Å². The Morgan fingerprint density at radius 1 is 1.32 bits per heavy atom. The van der Waals surface area contributed by atoms with Crippen molar-refractivity contribution in [3.8, 4) is 11.3 Å². The highest BCUT2D eigenvalue weighted by atomic mass is 35.5. The van der Waals surface area contributed by atoms with E-state index in [4.69, 9.17) is 21.8 Å². The molecule has 3 aromatic heterocycles. The lowest BCUT2D eigenvalue weighted by atomic mass is 9.92. The highest BCUT2D eigenvalue weighted by Crippen LogP contribution is 2.41. The summed E-state index contributed by atoms with van der Waals surface area (Å²) >= 11 is 6.46. The SMILES string of the molecule is Cc1nccc2cc(-c3c(Cl)nc(N)nc3NC3CC(CO)C(C)C3C)oc12. The van der Waals surface area contributed by atoms with E-state index in [0.29, 0.717) is 34.6 Å². The normalized spacial score (nSPS) is 24.8. The zero-order chi connectivity index (χ0) is 20.0. The van der Waals surface area contributed by atoms with Gasteiger partial charge in [-0.15, -0.1) is 0 Å². The lowest BCUT2D eigenvalue weighted by Crippen LogP contribution is -2.25. The van der Waals surface area contributed by atoms with Crippen molar-refractivity contribution >= 4 is 34.3 Å². The fourth-order valence-corrected chi connectivity index (χ4v) is 4.42. The number of anilines is 2. The fourth-order valence-electron chi connectivity index (χ4n) is 4.15. The number of aliphatic hydroxyl groups is 1. The van der Waals surface area contributed by atoms with Gasteiger partial charge in [-0.2, -0.15) is 4.98 Å². The van der Waals surface area contributed by atoms with Gasteiger partial charge >= 0.3 is 0 Å². The summed E-state index contributed by atoms with van der Waals surface area (Å²) in [5.74, 6) is 2.23. The van der Waals surface area contributed by atoms with E-state index in [9.17, 15) is 5.11 Å². The van der Waals surface area contributed by atoms with Crippen LogP contribution in [0.3, 0.4) is 0 Å². The predicted octanol–water partition coefficient (Wildman–Crippen LogP) is 3.89. The Hall–Kier alpha value is -2.38. The number of furan rings is 1. The first-order chi connectivity index (χ1) is 13.4. The summed E-state index contributed by atoms with van der Waals surface area (Å²) in [7, 11) is 0. The van der Waals surface area contributed by atoms with E-state index >= 15 is 0 Å². The second kappa shape index (κ2) is 7.22. The number of aromatic nitrogens is 3. The molecule has 1 saturated carbocycles. The zero-order valence-electron chi connectivity index (χ0n) is 16.1. The number of pyridine rings is 1. The first-order valence-electron chi connectivity index (χ1n) is 9.45. The van der Waals surface area contributed by atoms with Crippen molar-refractivity contribution in [2.75, 3.05) is 17.7 Å². The van der Waals surface area contributed by atoms with Crippen molar-refractivity contribution in [2.24, 2.45) is 17.8 Å². The Labute approximate surface area is 168 Å². The minimum atomic E-state index is 0.0996. The van der Waals surface area contributed by atoms with E-state index < -0.39 is 0 Å². The van der Waals surface area contributed by atoms with Gasteiger partial charge in [-0.1, -0.05) is 25.4 Å². The van der Waals surface area contributed by atoms with Crippen LogP contribution in [0.4, 0.5) is 11.8 Å². The van der Waals surface area contributed by atoms with Crippen molar-refractivity contribution in [2.45, 2.75) is 33.2 Å². The van der Waals surface area contributed by atoms with Crippen LogP contribution in [0.1, 0.15) is 26.0 Å². The first-order valence-corrected chi connectivity index (χ1v) is 9.82. The zero-order valence-corrected chi connectivity index (χ0v) is 16.9. The van der Waals surface area contributed by atoms with E-state index in [1.807, 2.05) is 19.1 Å². The van der Waals surface area contributed by atoms with Crippen molar-refractivity contribution in [1.82, 2.24) is 15.0 Å². The van der Waals surface area contributed by atoms with Gasteiger partial charge in [0.2, 0.25) is 5.95 Å². The fraction of sp³-hybridized carbons (Fsp3) is 0.450. The summed E-state index contributed by atoms with van der Waals surface area (Å²) in [4.78, 5) is 12.8. The summed E-state index contributed by atoms with van der Waals surface area (Å²) in [6.45, 7) is 6.43. The third-order valence-electron chi connectivity index (χ3n) is 6.06. The molecule has 0 aliphatic heterocycles. The van der Waals surface area contributed by atoms with Gasteiger partial charge in [-0.3, -0.25) is 4.98 Å². The number of aliphatic hydroxyl groups excluding tert-OH is 1. The third kappa shape index (κ3) is 3.18. The number of fused-ring (bicyclic) bond motifs is 1. The molecule has 0 aromatic carbocycles. The van der Waals surface area contributed by atoms with Gasteiger partial charge in [-0.05, 0) is 43.2 Å². The van der Waals surface area contributed by atoms with E-state index in [1.54, 1.807) is 6.20 Å². The maximum absolute atomic E-state index is 9.65. The minimum absolute atomic E-state index is 0.0996. The molecule has 4 unspecified atom stereocenters. The number of nitrogens with zero attached hydrogens (tertiary/aromatic N) is 3. The number of hydrogen-bond donors (Lipinski definition) is 3. The summed E-state index contributed by atoms with van der Waals surface area (Å²) in [5.41, 5.74) is 7.96. The van der Waals surface area contributed by atoms with E-state index in [0.717, 1.165) is 17.5 Å². The van der Waals surface area contributed by atoms with E-state index in [2.05, 4.69) is 34.1 Å². The molecule has 7 nitrogen and oxygen atoms in total. The molecular formula is C20H24ClN5O2. The Bertz CT molecular complexity index is 1020. The molecule has 3 heterocycles. The van der Waals surface area contributed by atoms with Crippen LogP contribution in [0.15, 0.2) is 22.7 Å². The monoisotopic (exact) mass is 401 g/mol. The van der Waals surface area contributed by atoms with Crippen molar-refractivity contribution < 1.29 is 9.52 Å². The molecule has 3 aromatic rings. The number of hydrogen-bond acceptors (Lipinski definition) is 7. The van der Waals surface area contributed by atoms with Crippen molar-refractivity contribution in [3.63, 3.8) is 0 Å². The molecule has 28 heavy (non-hydrogen) atoms. The summed E-state index contributed by atoms with van der Waals surface area (Å²) in [6.07, 6.45) is 2.59. The quantitative estimate of drug-likeness (QED) is 0.568. The number of nitrogens with one attached hydrogen (secondary N) is 1. The number of rotatable bonds is 4. The molecule has 148 valence electrons. The van der Waals surface area contributed by atoms with Crippen LogP contribution in [0.25, 0.3) is 22.3 Å². The van der Waals surface area contributed by atoms with Crippen LogP contribution >= 0.6 is 11.6 Å². The molecule has 0 bridgehead atoms. The molecule has 0 radical (unpaired) electrons. The van der Waals surface area contributed by atoms with Crippen LogP contribution < -0.4 is 11.1 Å². The van der Waals surface area contributed by atoms with Crippen LogP contribution in [0.2, 0.25) is 5.15 Å². The van der Waals surface area contributed by atoms with Gasteiger partial charge in [0.1, 0.15) is 16.7 Å². The van der Waals surface area contributed by atoms with Gasteiger partial charge in [0.25, 0.3) is 0 Å².